The lowest BCUT2D eigenvalue weighted by atomic mass is 9.89. The molecule has 0 aromatic carbocycles. The molecule has 0 bridgehead atoms. The van der Waals surface area contributed by atoms with Crippen LogP contribution in [0.15, 0.2) is 82.5 Å². The standard InChI is InChI=1S/C33H44N2O2S/c1-8-13-29(35-32(37)28-17-16-25(4)26(5)23-28)14-10-11-21-38-33(7)19-12-15-30(18-20-33)34-31(36)27(6)22-24(3)9-2/h9-12,14-17,19,21,26-27,29H,18,20,22-23H2,1-7H3,(H,34,36)(H,35,37)/b14-10-,21-11+,24-9-. The molecule has 204 valence electrons. The molecule has 2 amide bonds. The third kappa shape index (κ3) is 10.4. The Bertz CT molecular complexity index is 1140. The highest BCUT2D eigenvalue weighted by Crippen LogP contribution is 2.35. The summed E-state index contributed by atoms with van der Waals surface area (Å²) in [6.45, 7) is 14.3. The maximum Gasteiger partial charge on any atom is 0.248 e. The molecule has 0 fully saturated rings. The van der Waals surface area contributed by atoms with Crippen LogP contribution in [0, 0.1) is 23.7 Å². The van der Waals surface area contributed by atoms with E-state index in [1.54, 1.807) is 18.7 Å². The van der Waals surface area contributed by atoms with Crippen LogP contribution in [0.5, 0.6) is 0 Å². The lowest BCUT2D eigenvalue weighted by molar-refractivity contribution is -0.123. The van der Waals surface area contributed by atoms with Crippen LogP contribution in [0.25, 0.3) is 0 Å². The van der Waals surface area contributed by atoms with Crippen LogP contribution in [0.3, 0.4) is 0 Å². The number of nitrogens with one attached hydrogen (secondary N) is 2. The van der Waals surface area contributed by atoms with Crippen LogP contribution in [0.1, 0.15) is 74.1 Å². The second-order valence-electron chi connectivity index (χ2n) is 10.5. The molecule has 2 aliphatic rings. The largest absolute Gasteiger partial charge is 0.335 e. The van der Waals surface area contributed by atoms with Gasteiger partial charge in [-0.05, 0) is 77.7 Å². The Morgan fingerprint density at radius 2 is 2.03 bits per heavy atom. The molecule has 0 aromatic heterocycles. The summed E-state index contributed by atoms with van der Waals surface area (Å²) in [5, 5.41) is 8.22. The van der Waals surface area contributed by atoms with Gasteiger partial charge in [0.2, 0.25) is 11.8 Å². The fraction of sp³-hybridized carbons (Fsp3) is 0.455. The van der Waals surface area contributed by atoms with Gasteiger partial charge >= 0.3 is 0 Å². The summed E-state index contributed by atoms with van der Waals surface area (Å²) in [5.41, 5.74) is 4.29. The Hall–Kier alpha value is -2.97. The van der Waals surface area contributed by atoms with E-state index in [-0.39, 0.29) is 28.5 Å². The van der Waals surface area contributed by atoms with Gasteiger partial charge < -0.3 is 10.6 Å². The van der Waals surface area contributed by atoms with E-state index in [2.05, 4.69) is 67.7 Å². The molecule has 4 nitrogen and oxygen atoms in total. The molecule has 4 atom stereocenters. The van der Waals surface area contributed by atoms with Crippen molar-refractivity contribution in [2.75, 3.05) is 0 Å². The molecule has 0 heterocycles. The maximum absolute atomic E-state index is 12.7. The Labute approximate surface area is 234 Å². The van der Waals surface area contributed by atoms with Gasteiger partial charge in [0.05, 0.1) is 0 Å². The van der Waals surface area contributed by atoms with E-state index in [1.807, 2.05) is 56.4 Å². The highest BCUT2D eigenvalue weighted by Gasteiger charge is 2.23. The number of allylic oxidation sites excluding steroid dienone is 10. The van der Waals surface area contributed by atoms with E-state index in [1.165, 1.54) is 11.1 Å². The minimum absolute atomic E-state index is 0.0511. The minimum atomic E-state index is -0.340. The van der Waals surface area contributed by atoms with Crippen LogP contribution in [0.2, 0.25) is 0 Å². The first kappa shape index (κ1) is 31.2. The number of hydrogen-bond acceptors (Lipinski definition) is 3. The molecule has 2 rings (SSSR count). The van der Waals surface area contributed by atoms with Crippen molar-refractivity contribution in [1.82, 2.24) is 10.6 Å². The fourth-order valence-electron chi connectivity index (χ4n) is 4.16. The molecule has 0 aromatic rings. The van der Waals surface area contributed by atoms with E-state index in [9.17, 15) is 9.59 Å². The zero-order valence-electron chi connectivity index (χ0n) is 24.1. The van der Waals surface area contributed by atoms with E-state index in [4.69, 9.17) is 0 Å². The van der Waals surface area contributed by atoms with Crippen molar-refractivity contribution in [3.63, 3.8) is 0 Å². The first-order valence-corrected chi connectivity index (χ1v) is 14.4. The van der Waals surface area contributed by atoms with Gasteiger partial charge in [-0.1, -0.05) is 79.5 Å². The smallest absolute Gasteiger partial charge is 0.248 e. The number of carbonyl (C=O) groups excluding carboxylic acids is 2. The van der Waals surface area contributed by atoms with Crippen molar-refractivity contribution < 1.29 is 9.59 Å². The molecule has 0 aliphatic heterocycles. The average Bonchev–Trinajstić information content (AvgIpc) is 3.06. The van der Waals surface area contributed by atoms with Gasteiger partial charge in [0, 0.05) is 21.9 Å². The summed E-state index contributed by atoms with van der Waals surface area (Å²) in [7, 11) is 0. The zero-order chi connectivity index (χ0) is 28.1. The maximum atomic E-state index is 12.7. The zero-order valence-corrected chi connectivity index (χ0v) is 24.9. The van der Waals surface area contributed by atoms with Crippen molar-refractivity contribution in [2.24, 2.45) is 11.8 Å². The number of rotatable bonds is 10. The lowest BCUT2D eigenvalue weighted by Gasteiger charge is -2.23. The quantitative estimate of drug-likeness (QED) is 0.176. The number of thioether (sulfide) groups is 1. The van der Waals surface area contributed by atoms with Crippen LogP contribution >= 0.6 is 11.8 Å². The SMILES string of the molecule is CC#CC(/C=C\C=C\SC1(C)C=CC=C(NC(=O)C(C)C/C(C)=C\C)CC1)NC(=O)C1=CC=C(C)C(C)C1. The molecule has 4 unspecified atom stereocenters. The summed E-state index contributed by atoms with van der Waals surface area (Å²) in [5.74, 6) is 6.31. The minimum Gasteiger partial charge on any atom is -0.335 e. The number of carbonyl (C=O) groups is 2. The lowest BCUT2D eigenvalue weighted by Crippen LogP contribution is -2.34. The van der Waals surface area contributed by atoms with Crippen LogP contribution in [-0.4, -0.2) is 22.6 Å². The van der Waals surface area contributed by atoms with Crippen LogP contribution in [0.4, 0.5) is 0 Å². The van der Waals surface area contributed by atoms with Crippen LogP contribution < -0.4 is 10.6 Å². The molecule has 0 saturated carbocycles. The second kappa shape index (κ2) is 15.4. The summed E-state index contributed by atoms with van der Waals surface area (Å²) in [4.78, 5) is 25.3. The summed E-state index contributed by atoms with van der Waals surface area (Å²) in [6.07, 6.45) is 21.3. The predicted molar refractivity (Wildman–Crippen MR) is 163 cm³/mol. The van der Waals surface area contributed by atoms with Gasteiger partial charge in [0.1, 0.15) is 6.04 Å². The molecule has 2 aliphatic carbocycles. The summed E-state index contributed by atoms with van der Waals surface area (Å²) >= 11 is 1.74. The van der Waals surface area contributed by atoms with Crippen molar-refractivity contribution in [1.29, 1.82) is 0 Å². The Morgan fingerprint density at radius 3 is 2.71 bits per heavy atom. The molecule has 0 saturated heterocycles. The molecule has 38 heavy (non-hydrogen) atoms. The normalized spacial score (nSPS) is 23.5. The Morgan fingerprint density at radius 1 is 1.26 bits per heavy atom. The monoisotopic (exact) mass is 532 g/mol. The van der Waals surface area contributed by atoms with Crippen molar-refractivity contribution in [2.45, 2.75) is 84.9 Å². The molecule has 0 radical (unpaired) electrons. The molecule has 5 heteroatoms. The topological polar surface area (TPSA) is 58.2 Å². The number of hydrogen-bond donors (Lipinski definition) is 2. The van der Waals surface area contributed by atoms with E-state index in [0.29, 0.717) is 5.92 Å². The van der Waals surface area contributed by atoms with Gasteiger partial charge in [0.25, 0.3) is 0 Å². The van der Waals surface area contributed by atoms with Gasteiger partial charge in [-0.3, -0.25) is 9.59 Å². The fourth-order valence-corrected chi connectivity index (χ4v) is 5.01. The molecule has 2 N–H and O–H groups in total. The number of amides is 2. The molecular formula is C33H44N2O2S. The summed E-state index contributed by atoms with van der Waals surface area (Å²) in [6, 6.07) is -0.340. The molecular weight excluding hydrogens is 488 g/mol. The van der Waals surface area contributed by atoms with Gasteiger partial charge in [0.15, 0.2) is 0 Å². The van der Waals surface area contributed by atoms with Gasteiger partial charge in [-0.25, -0.2) is 0 Å². The van der Waals surface area contributed by atoms with Crippen molar-refractivity contribution in [3.05, 3.63) is 82.5 Å². The third-order valence-corrected chi connectivity index (χ3v) is 8.22. The first-order valence-electron chi connectivity index (χ1n) is 13.5. The van der Waals surface area contributed by atoms with E-state index < -0.39 is 0 Å². The Kier molecular flexibility index (Phi) is 12.7. The van der Waals surface area contributed by atoms with Gasteiger partial charge in [-0.15, -0.1) is 17.7 Å². The third-order valence-electron chi connectivity index (χ3n) is 7.05. The average molecular weight is 533 g/mol. The highest BCUT2D eigenvalue weighted by atomic mass is 32.2. The second-order valence-corrected chi connectivity index (χ2v) is 11.9. The van der Waals surface area contributed by atoms with E-state index in [0.717, 1.165) is 37.0 Å². The van der Waals surface area contributed by atoms with Crippen molar-refractivity contribution in [3.8, 4) is 11.8 Å². The highest BCUT2D eigenvalue weighted by molar-refractivity contribution is 8.03. The molecule has 0 spiro atoms. The van der Waals surface area contributed by atoms with E-state index >= 15 is 0 Å². The Balaban J connectivity index is 1.87. The predicted octanol–water partition coefficient (Wildman–Crippen LogP) is 7.31. The van der Waals surface area contributed by atoms with Crippen molar-refractivity contribution >= 4 is 23.6 Å². The first-order chi connectivity index (χ1) is 18.1. The van der Waals surface area contributed by atoms with Crippen LogP contribution in [-0.2, 0) is 9.59 Å². The summed E-state index contributed by atoms with van der Waals surface area (Å²) < 4.78 is -0.0763. The van der Waals surface area contributed by atoms with Gasteiger partial charge in [-0.2, -0.15) is 0 Å².